The largest absolute Gasteiger partial charge is 0.495 e. The molecule has 4 heteroatoms. The lowest BCUT2D eigenvalue weighted by molar-refractivity contribution is 0.0994. The van der Waals surface area contributed by atoms with Crippen molar-refractivity contribution in [3.63, 3.8) is 0 Å². The van der Waals surface area contributed by atoms with Gasteiger partial charge in [0.05, 0.1) is 18.2 Å². The van der Waals surface area contributed by atoms with E-state index in [1.54, 1.807) is 19.1 Å². The second-order valence-corrected chi connectivity index (χ2v) is 5.21. The number of hydrogen-bond acceptors (Lipinski definition) is 2. The van der Waals surface area contributed by atoms with E-state index in [2.05, 4.69) is 4.98 Å². The fraction of sp³-hybridized carbons (Fsp3) is 0.167. The molecular weight excluding hydrogens is 276 g/mol. The van der Waals surface area contributed by atoms with E-state index in [0.29, 0.717) is 5.56 Å². The number of hydrogen-bond donors (Lipinski definition) is 1. The minimum absolute atomic E-state index is 0.0387. The Labute approximate surface area is 129 Å². The molecule has 0 fully saturated rings. The van der Waals surface area contributed by atoms with Crippen LogP contribution in [0.3, 0.4) is 0 Å². The second-order valence-electron chi connectivity index (χ2n) is 5.21. The minimum atomic E-state index is -0.0387. The summed E-state index contributed by atoms with van der Waals surface area (Å²) in [5.74, 6) is 0.699. The molecule has 0 unspecified atom stereocenters. The number of H-pyrrole nitrogens is 1. The van der Waals surface area contributed by atoms with E-state index in [0.717, 1.165) is 28.0 Å². The lowest BCUT2D eigenvalue weighted by atomic mass is 10.1. The van der Waals surface area contributed by atoms with Crippen LogP contribution in [0.15, 0.2) is 48.5 Å². The molecule has 1 heterocycles. The Morgan fingerprint density at radius 1 is 1.09 bits per heavy atom. The van der Waals surface area contributed by atoms with Gasteiger partial charge >= 0.3 is 0 Å². The van der Waals surface area contributed by atoms with Crippen LogP contribution in [0, 0.1) is 6.92 Å². The van der Waals surface area contributed by atoms with Crippen LogP contribution in [0.4, 0.5) is 5.69 Å². The first-order valence-corrected chi connectivity index (χ1v) is 7.12. The van der Waals surface area contributed by atoms with E-state index in [-0.39, 0.29) is 5.91 Å². The summed E-state index contributed by atoms with van der Waals surface area (Å²) < 4.78 is 5.36. The first kappa shape index (κ1) is 14.2. The lowest BCUT2D eigenvalue weighted by Crippen LogP contribution is -2.26. The smallest absolute Gasteiger partial charge is 0.260 e. The van der Waals surface area contributed by atoms with Crippen molar-refractivity contribution in [1.82, 2.24) is 4.98 Å². The molecule has 0 bridgehead atoms. The van der Waals surface area contributed by atoms with Gasteiger partial charge in [-0.3, -0.25) is 4.79 Å². The molecule has 0 aliphatic carbocycles. The number of carbonyl (C=O) groups excluding carboxylic acids is 1. The number of benzene rings is 2. The van der Waals surface area contributed by atoms with E-state index in [9.17, 15) is 4.79 Å². The van der Waals surface area contributed by atoms with Crippen molar-refractivity contribution in [3.05, 3.63) is 59.8 Å². The standard InChI is InChI=1S/C18H18N2O2/c1-12-16(14-10-7-11-15(22-3)17(14)19-12)18(21)20(2)13-8-5-4-6-9-13/h4-11,19H,1-3H3. The Hall–Kier alpha value is -2.75. The molecule has 0 saturated carbocycles. The third-order valence-corrected chi connectivity index (χ3v) is 3.86. The number of methoxy groups -OCH3 is 1. The number of aryl methyl sites for hydroxylation is 1. The van der Waals surface area contributed by atoms with Gasteiger partial charge in [-0.1, -0.05) is 30.3 Å². The third kappa shape index (κ3) is 2.22. The van der Waals surface area contributed by atoms with Gasteiger partial charge in [0.1, 0.15) is 5.75 Å². The molecule has 2 aromatic carbocycles. The number of amides is 1. The Balaban J connectivity index is 2.10. The highest BCUT2D eigenvalue weighted by Crippen LogP contribution is 2.30. The topological polar surface area (TPSA) is 45.3 Å². The summed E-state index contributed by atoms with van der Waals surface area (Å²) in [7, 11) is 3.42. The third-order valence-electron chi connectivity index (χ3n) is 3.86. The number of ether oxygens (including phenoxy) is 1. The summed E-state index contributed by atoms with van der Waals surface area (Å²) in [6.07, 6.45) is 0. The molecule has 22 heavy (non-hydrogen) atoms. The molecule has 1 amide bonds. The molecule has 0 aliphatic heterocycles. The van der Waals surface area contributed by atoms with Gasteiger partial charge in [-0.15, -0.1) is 0 Å². The van der Waals surface area contributed by atoms with Crippen LogP contribution in [0.25, 0.3) is 10.9 Å². The summed E-state index contributed by atoms with van der Waals surface area (Å²) in [5, 5.41) is 0.879. The maximum Gasteiger partial charge on any atom is 0.260 e. The van der Waals surface area contributed by atoms with Crippen LogP contribution in [-0.2, 0) is 0 Å². The average molecular weight is 294 g/mol. The Bertz CT molecular complexity index is 822. The summed E-state index contributed by atoms with van der Waals surface area (Å²) in [4.78, 5) is 17.8. The monoisotopic (exact) mass is 294 g/mol. The van der Waals surface area contributed by atoms with Gasteiger partial charge in [0, 0.05) is 23.8 Å². The van der Waals surface area contributed by atoms with Crippen molar-refractivity contribution in [2.24, 2.45) is 0 Å². The first-order valence-electron chi connectivity index (χ1n) is 7.12. The number of para-hydroxylation sites is 2. The molecule has 1 N–H and O–H groups in total. The van der Waals surface area contributed by atoms with Crippen molar-refractivity contribution in [1.29, 1.82) is 0 Å². The first-order chi connectivity index (χ1) is 10.6. The van der Waals surface area contributed by atoms with Crippen molar-refractivity contribution in [2.75, 3.05) is 19.1 Å². The number of anilines is 1. The number of nitrogens with one attached hydrogen (secondary N) is 1. The number of aromatic amines is 1. The Morgan fingerprint density at radius 2 is 1.82 bits per heavy atom. The van der Waals surface area contributed by atoms with Crippen LogP contribution in [0.2, 0.25) is 0 Å². The summed E-state index contributed by atoms with van der Waals surface area (Å²) in [6.45, 7) is 1.91. The van der Waals surface area contributed by atoms with E-state index < -0.39 is 0 Å². The lowest BCUT2D eigenvalue weighted by Gasteiger charge is -2.17. The van der Waals surface area contributed by atoms with Gasteiger partial charge < -0.3 is 14.6 Å². The predicted octanol–water partition coefficient (Wildman–Crippen LogP) is 3.76. The zero-order chi connectivity index (χ0) is 15.7. The number of aromatic nitrogens is 1. The molecule has 3 rings (SSSR count). The van der Waals surface area contributed by atoms with Gasteiger partial charge in [0.2, 0.25) is 0 Å². The second kappa shape index (κ2) is 5.56. The molecular formula is C18H18N2O2. The van der Waals surface area contributed by atoms with Crippen LogP contribution < -0.4 is 9.64 Å². The van der Waals surface area contributed by atoms with Crippen LogP contribution in [-0.4, -0.2) is 25.0 Å². The van der Waals surface area contributed by atoms with Gasteiger partial charge in [0.25, 0.3) is 5.91 Å². The van der Waals surface area contributed by atoms with E-state index in [1.807, 2.05) is 55.5 Å². The highest BCUT2D eigenvalue weighted by atomic mass is 16.5. The number of carbonyl (C=O) groups is 1. The van der Waals surface area contributed by atoms with Crippen molar-refractivity contribution < 1.29 is 9.53 Å². The molecule has 0 spiro atoms. The maximum atomic E-state index is 12.9. The molecule has 3 aromatic rings. The van der Waals surface area contributed by atoms with E-state index >= 15 is 0 Å². The fourth-order valence-corrected chi connectivity index (χ4v) is 2.70. The highest BCUT2D eigenvalue weighted by Gasteiger charge is 2.21. The maximum absolute atomic E-state index is 12.9. The molecule has 0 saturated heterocycles. The van der Waals surface area contributed by atoms with Gasteiger partial charge in [0.15, 0.2) is 0 Å². The van der Waals surface area contributed by atoms with Gasteiger partial charge in [-0.25, -0.2) is 0 Å². The summed E-state index contributed by atoms with van der Waals surface area (Å²) >= 11 is 0. The zero-order valence-corrected chi connectivity index (χ0v) is 12.9. The molecule has 112 valence electrons. The highest BCUT2D eigenvalue weighted by molar-refractivity contribution is 6.15. The molecule has 4 nitrogen and oxygen atoms in total. The minimum Gasteiger partial charge on any atom is -0.495 e. The van der Waals surface area contributed by atoms with Crippen molar-refractivity contribution >= 4 is 22.5 Å². The van der Waals surface area contributed by atoms with Crippen molar-refractivity contribution in [3.8, 4) is 5.75 Å². The summed E-state index contributed by atoms with van der Waals surface area (Å²) in [5.41, 5.74) is 3.24. The Morgan fingerprint density at radius 3 is 2.50 bits per heavy atom. The quantitative estimate of drug-likeness (QED) is 0.799. The zero-order valence-electron chi connectivity index (χ0n) is 12.9. The average Bonchev–Trinajstić information content (AvgIpc) is 2.90. The van der Waals surface area contributed by atoms with Crippen LogP contribution in [0.5, 0.6) is 5.75 Å². The van der Waals surface area contributed by atoms with Crippen molar-refractivity contribution in [2.45, 2.75) is 6.92 Å². The SMILES string of the molecule is COc1cccc2c(C(=O)N(C)c3ccccc3)c(C)[nH]c12. The number of nitrogens with zero attached hydrogens (tertiary/aromatic N) is 1. The predicted molar refractivity (Wildman–Crippen MR) is 88.8 cm³/mol. The summed E-state index contributed by atoms with van der Waals surface area (Å²) in [6, 6.07) is 15.3. The molecule has 1 aromatic heterocycles. The molecule has 0 aliphatic rings. The van der Waals surface area contributed by atoms with E-state index in [1.165, 1.54) is 0 Å². The number of rotatable bonds is 3. The number of fused-ring (bicyclic) bond motifs is 1. The van der Waals surface area contributed by atoms with Gasteiger partial charge in [-0.2, -0.15) is 0 Å². The van der Waals surface area contributed by atoms with Crippen LogP contribution in [0.1, 0.15) is 16.1 Å². The van der Waals surface area contributed by atoms with Crippen LogP contribution >= 0.6 is 0 Å². The Kier molecular flexibility index (Phi) is 3.59. The molecule has 0 atom stereocenters. The van der Waals surface area contributed by atoms with E-state index in [4.69, 9.17) is 4.74 Å². The molecule has 0 radical (unpaired) electrons. The normalized spacial score (nSPS) is 10.7. The fourth-order valence-electron chi connectivity index (χ4n) is 2.70. The van der Waals surface area contributed by atoms with Gasteiger partial charge in [-0.05, 0) is 25.1 Å².